The molecule has 0 N–H and O–H groups in total. The number of non-ortho nitro benzene ring substituents is 1. The van der Waals surface area contributed by atoms with Gasteiger partial charge in [0.25, 0.3) is 5.69 Å². The fraction of sp³-hybridized carbons (Fsp3) is 0.368. The van der Waals surface area contributed by atoms with Crippen LogP contribution in [0.1, 0.15) is 24.0 Å². The number of nitro benzene ring substituents is 1. The minimum absolute atomic E-state index is 0.0459. The Labute approximate surface area is 163 Å². The predicted octanol–water partition coefficient (Wildman–Crippen LogP) is 3.27. The summed E-state index contributed by atoms with van der Waals surface area (Å²) in [7, 11) is -0.880. The average Bonchev–Trinajstić information content (AvgIpc) is 3.50. The van der Waals surface area contributed by atoms with Crippen molar-refractivity contribution in [1.82, 2.24) is 4.31 Å². The second-order valence-electron chi connectivity index (χ2n) is 6.67. The molecule has 150 valence electrons. The largest absolute Gasteiger partial charge is 0.497 e. The summed E-state index contributed by atoms with van der Waals surface area (Å²) in [5.74, 6) is 1.15. The van der Waals surface area contributed by atoms with E-state index < -0.39 is 14.9 Å². The van der Waals surface area contributed by atoms with Crippen molar-refractivity contribution in [3.05, 3.63) is 57.6 Å². The third kappa shape index (κ3) is 3.95. The minimum Gasteiger partial charge on any atom is -0.497 e. The van der Waals surface area contributed by atoms with E-state index in [1.54, 1.807) is 25.1 Å². The van der Waals surface area contributed by atoms with Gasteiger partial charge in [-0.3, -0.25) is 10.1 Å². The standard InChI is InChI=1S/C19H22N2O6S/c1-13-4-5-16(21(22)23)11-19(13)28(24,25)20(15-6-7-15)12-14-10-17(26-2)8-9-18(14)27-3/h4-5,8-11,15H,6-7,12H2,1-3H3. The molecule has 1 aliphatic carbocycles. The smallest absolute Gasteiger partial charge is 0.270 e. The Hall–Kier alpha value is -2.65. The molecule has 2 aromatic carbocycles. The van der Waals surface area contributed by atoms with Crippen molar-refractivity contribution in [3.63, 3.8) is 0 Å². The van der Waals surface area contributed by atoms with E-state index in [9.17, 15) is 18.5 Å². The van der Waals surface area contributed by atoms with Crippen molar-refractivity contribution in [2.45, 2.75) is 37.2 Å². The van der Waals surface area contributed by atoms with Crippen LogP contribution in [0.15, 0.2) is 41.3 Å². The molecule has 1 saturated carbocycles. The van der Waals surface area contributed by atoms with Gasteiger partial charge in [0.2, 0.25) is 10.0 Å². The van der Waals surface area contributed by atoms with Gasteiger partial charge in [0.05, 0.1) is 24.0 Å². The van der Waals surface area contributed by atoms with Gasteiger partial charge in [-0.25, -0.2) is 8.42 Å². The summed E-state index contributed by atoms with van der Waals surface area (Å²) >= 11 is 0. The molecule has 28 heavy (non-hydrogen) atoms. The molecule has 0 aromatic heterocycles. The quantitative estimate of drug-likeness (QED) is 0.493. The van der Waals surface area contributed by atoms with E-state index in [2.05, 4.69) is 0 Å². The van der Waals surface area contributed by atoms with E-state index in [1.165, 1.54) is 30.7 Å². The van der Waals surface area contributed by atoms with Crippen molar-refractivity contribution in [2.24, 2.45) is 0 Å². The van der Waals surface area contributed by atoms with Gasteiger partial charge in [0.15, 0.2) is 0 Å². The topological polar surface area (TPSA) is 99.0 Å². The van der Waals surface area contributed by atoms with Crippen LogP contribution in [-0.4, -0.2) is 37.9 Å². The highest BCUT2D eigenvalue weighted by atomic mass is 32.2. The third-order valence-electron chi connectivity index (χ3n) is 4.74. The number of methoxy groups -OCH3 is 2. The van der Waals surface area contributed by atoms with E-state index in [4.69, 9.17) is 9.47 Å². The van der Waals surface area contributed by atoms with Gasteiger partial charge in [-0.05, 0) is 43.5 Å². The summed E-state index contributed by atoms with van der Waals surface area (Å²) in [6.07, 6.45) is 1.50. The Bertz CT molecular complexity index is 1000. The Morgan fingerprint density at radius 1 is 1.14 bits per heavy atom. The molecule has 1 fully saturated rings. The monoisotopic (exact) mass is 406 g/mol. The van der Waals surface area contributed by atoms with Crippen LogP contribution in [0, 0.1) is 17.0 Å². The van der Waals surface area contributed by atoms with Gasteiger partial charge in [0.1, 0.15) is 11.5 Å². The Kier molecular flexibility index (Phi) is 5.57. The fourth-order valence-corrected chi connectivity index (χ4v) is 4.96. The molecule has 3 rings (SSSR count). The highest BCUT2D eigenvalue weighted by Gasteiger charge is 2.39. The van der Waals surface area contributed by atoms with Crippen LogP contribution >= 0.6 is 0 Å². The SMILES string of the molecule is COc1ccc(OC)c(CN(C2CC2)S(=O)(=O)c2cc([N+](=O)[O-])ccc2C)c1. The lowest BCUT2D eigenvalue weighted by atomic mass is 10.2. The first-order chi connectivity index (χ1) is 13.3. The molecule has 0 unspecified atom stereocenters. The number of ether oxygens (including phenoxy) is 2. The Morgan fingerprint density at radius 3 is 2.43 bits per heavy atom. The maximum atomic E-state index is 13.4. The summed E-state index contributed by atoms with van der Waals surface area (Å²) in [5, 5.41) is 11.1. The molecule has 1 aliphatic rings. The van der Waals surface area contributed by atoms with Crippen molar-refractivity contribution < 1.29 is 22.8 Å². The van der Waals surface area contributed by atoms with E-state index in [1.807, 2.05) is 0 Å². The molecular formula is C19H22N2O6S. The van der Waals surface area contributed by atoms with Crippen molar-refractivity contribution in [2.75, 3.05) is 14.2 Å². The van der Waals surface area contributed by atoms with Gasteiger partial charge in [-0.1, -0.05) is 6.07 Å². The van der Waals surface area contributed by atoms with Crippen LogP contribution in [0.3, 0.4) is 0 Å². The normalized spacial score (nSPS) is 14.1. The summed E-state index contributed by atoms with van der Waals surface area (Å²) in [6.45, 7) is 1.73. The van der Waals surface area contributed by atoms with Gasteiger partial charge in [-0.2, -0.15) is 4.31 Å². The van der Waals surface area contributed by atoms with Gasteiger partial charge >= 0.3 is 0 Å². The van der Waals surface area contributed by atoms with Crippen LogP contribution in [0.4, 0.5) is 5.69 Å². The van der Waals surface area contributed by atoms with Crippen LogP contribution in [0.2, 0.25) is 0 Å². The summed E-state index contributed by atoms with van der Waals surface area (Å²) in [4.78, 5) is 10.5. The van der Waals surface area contributed by atoms with Gasteiger partial charge < -0.3 is 9.47 Å². The van der Waals surface area contributed by atoms with Crippen LogP contribution < -0.4 is 9.47 Å². The molecule has 9 heteroatoms. The lowest BCUT2D eigenvalue weighted by Gasteiger charge is -2.24. The van der Waals surface area contributed by atoms with Crippen molar-refractivity contribution in [3.8, 4) is 11.5 Å². The van der Waals surface area contributed by atoms with E-state index >= 15 is 0 Å². The number of rotatable bonds is 8. The van der Waals surface area contributed by atoms with Crippen molar-refractivity contribution >= 4 is 15.7 Å². The molecule has 8 nitrogen and oxygen atoms in total. The first-order valence-corrected chi connectivity index (χ1v) is 10.2. The van der Waals surface area contributed by atoms with E-state index in [0.29, 0.717) is 22.6 Å². The predicted molar refractivity (Wildman–Crippen MR) is 103 cm³/mol. The fourth-order valence-electron chi connectivity index (χ4n) is 3.05. The van der Waals surface area contributed by atoms with Gasteiger partial charge in [-0.15, -0.1) is 0 Å². The zero-order chi connectivity index (χ0) is 20.5. The van der Waals surface area contributed by atoms with E-state index in [-0.39, 0.29) is 23.2 Å². The summed E-state index contributed by atoms with van der Waals surface area (Å²) in [5.41, 5.74) is 0.883. The van der Waals surface area contributed by atoms with Gasteiger partial charge in [0, 0.05) is 30.3 Å². The highest BCUT2D eigenvalue weighted by Crippen LogP contribution is 2.37. The number of hydrogen-bond donors (Lipinski definition) is 0. The van der Waals surface area contributed by atoms with Crippen LogP contribution in [-0.2, 0) is 16.6 Å². The average molecular weight is 406 g/mol. The zero-order valence-corrected chi connectivity index (χ0v) is 16.7. The minimum atomic E-state index is -3.93. The maximum absolute atomic E-state index is 13.4. The van der Waals surface area contributed by atoms with Crippen molar-refractivity contribution in [1.29, 1.82) is 0 Å². The first kappa shape index (κ1) is 20.1. The Balaban J connectivity index is 2.04. The first-order valence-electron chi connectivity index (χ1n) is 8.75. The number of aryl methyl sites for hydroxylation is 1. The number of sulfonamides is 1. The summed E-state index contributed by atoms with van der Waals surface area (Å²) < 4.78 is 38.8. The van der Waals surface area contributed by atoms with E-state index in [0.717, 1.165) is 18.9 Å². The molecule has 2 aromatic rings. The molecule has 0 saturated heterocycles. The molecule has 0 amide bonds. The second kappa shape index (κ2) is 7.76. The van der Waals surface area contributed by atoms with Crippen LogP contribution in [0.25, 0.3) is 0 Å². The summed E-state index contributed by atoms with van der Waals surface area (Å²) in [6, 6.07) is 8.96. The molecule has 0 spiro atoms. The molecule has 0 radical (unpaired) electrons. The zero-order valence-electron chi connectivity index (χ0n) is 15.9. The second-order valence-corrected chi connectivity index (χ2v) is 8.53. The Morgan fingerprint density at radius 2 is 1.86 bits per heavy atom. The molecule has 0 bridgehead atoms. The molecule has 0 aliphatic heterocycles. The lowest BCUT2D eigenvalue weighted by Crippen LogP contribution is -2.33. The van der Waals surface area contributed by atoms with Crippen LogP contribution in [0.5, 0.6) is 11.5 Å². The maximum Gasteiger partial charge on any atom is 0.270 e. The molecule has 0 atom stereocenters. The molecule has 0 heterocycles. The number of hydrogen-bond acceptors (Lipinski definition) is 6. The third-order valence-corrected chi connectivity index (χ3v) is 6.78. The number of benzene rings is 2. The highest BCUT2D eigenvalue weighted by molar-refractivity contribution is 7.89. The molecular weight excluding hydrogens is 384 g/mol. The number of nitrogens with zero attached hydrogens (tertiary/aromatic N) is 2. The lowest BCUT2D eigenvalue weighted by molar-refractivity contribution is -0.385. The number of nitro groups is 1.